The van der Waals surface area contributed by atoms with Gasteiger partial charge in [-0.25, -0.2) is 0 Å². The van der Waals surface area contributed by atoms with Crippen LogP contribution < -0.4 is 16.4 Å². The lowest BCUT2D eigenvalue weighted by Crippen LogP contribution is -2.36. The van der Waals surface area contributed by atoms with Crippen molar-refractivity contribution in [3.63, 3.8) is 0 Å². The van der Waals surface area contributed by atoms with E-state index in [1.54, 1.807) is 12.1 Å². The summed E-state index contributed by atoms with van der Waals surface area (Å²) in [5.74, 6) is -0.850. The van der Waals surface area contributed by atoms with E-state index in [2.05, 4.69) is 10.6 Å². The Morgan fingerprint density at radius 3 is 2.38 bits per heavy atom. The number of halogens is 1. The molecule has 0 radical (unpaired) electrons. The summed E-state index contributed by atoms with van der Waals surface area (Å²) < 4.78 is 0. The van der Waals surface area contributed by atoms with Gasteiger partial charge in [-0.15, -0.1) is 12.4 Å². The number of phenolic OH excluding ortho intramolecular Hbond substituents is 1. The summed E-state index contributed by atoms with van der Waals surface area (Å²) in [4.78, 5) is 22.6. The number of phenols is 1. The summed E-state index contributed by atoms with van der Waals surface area (Å²) in [5, 5.41) is 14.7. The van der Waals surface area contributed by atoms with E-state index in [0.29, 0.717) is 5.69 Å². The molecule has 0 spiro atoms. The van der Waals surface area contributed by atoms with Gasteiger partial charge in [-0.1, -0.05) is 26.8 Å². The summed E-state index contributed by atoms with van der Waals surface area (Å²) in [7, 11) is 0. The van der Waals surface area contributed by atoms with E-state index in [-0.39, 0.29) is 36.7 Å². The highest BCUT2D eigenvalue weighted by atomic mass is 35.5. The number of nitrogens with one attached hydrogen (secondary N) is 2. The number of benzene rings is 1. The van der Waals surface area contributed by atoms with Gasteiger partial charge in [-0.3, -0.25) is 9.59 Å². The molecule has 0 heterocycles. The van der Waals surface area contributed by atoms with Crippen LogP contribution in [0.5, 0.6) is 5.75 Å². The molecule has 0 fully saturated rings. The summed E-state index contributed by atoms with van der Waals surface area (Å²) in [5.41, 5.74) is 6.33. The second-order valence-corrected chi connectivity index (χ2v) is 5.51. The molecule has 1 aromatic carbocycles. The van der Waals surface area contributed by atoms with Gasteiger partial charge in [0.1, 0.15) is 5.75 Å². The van der Waals surface area contributed by atoms with Crippen LogP contribution in [-0.2, 0) is 15.0 Å². The first-order valence-electron chi connectivity index (χ1n) is 6.34. The first-order chi connectivity index (χ1) is 9.24. The quantitative estimate of drug-likeness (QED) is 0.625. The summed E-state index contributed by atoms with van der Waals surface area (Å²) in [6, 6.07) is 5.06. The Balaban J connectivity index is 0.00000400. The lowest BCUT2D eigenvalue weighted by Gasteiger charge is -2.20. The van der Waals surface area contributed by atoms with Crippen molar-refractivity contribution >= 4 is 29.9 Å². The molecule has 1 rings (SSSR count). The molecule has 2 amide bonds. The van der Waals surface area contributed by atoms with E-state index in [1.807, 2.05) is 20.8 Å². The highest BCUT2D eigenvalue weighted by molar-refractivity contribution is 5.95. The third-order valence-electron chi connectivity index (χ3n) is 2.77. The van der Waals surface area contributed by atoms with Gasteiger partial charge in [0, 0.05) is 0 Å². The fourth-order valence-electron chi connectivity index (χ4n) is 1.55. The van der Waals surface area contributed by atoms with E-state index in [0.717, 1.165) is 5.56 Å². The molecular formula is C14H22ClN3O3. The standard InChI is InChI=1S/C14H21N3O3.ClH/c1-14(2,3)9-4-5-11(18)10(6-9)17-13(20)8-16-12(19)7-15;/h4-6,18H,7-8,15H2,1-3H3,(H,16,19)(H,17,20);1H. The molecule has 5 N–H and O–H groups in total. The first kappa shape index (κ1) is 19.2. The van der Waals surface area contributed by atoms with Gasteiger partial charge in [0.2, 0.25) is 11.8 Å². The van der Waals surface area contributed by atoms with Crippen molar-refractivity contribution in [2.24, 2.45) is 5.73 Å². The predicted octanol–water partition coefficient (Wildman–Crippen LogP) is 1.12. The molecule has 0 aliphatic rings. The van der Waals surface area contributed by atoms with Gasteiger partial charge in [0.05, 0.1) is 18.8 Å². The van der Waals surface area contributed by atoms with E-state index in [4.69, 9.17) is 5.73 Å². The maximum Gasteiger partial charge on any atom is 0.243 e. The molecule has 0 unspecified atom stereocenters. The third-order valence-corrected chi connectivity index (χ3v) is 2.77. The van der Waals surface area contributed by atoms with Crippen LogP contribution in [0.1, 0.15) is 26.3 Å². The Hall–Kier alpha value is -1.79. The largest absolute Gasteiger partial charge is 0.506 e. The molecule has 0 saturated heterocycles. The minimum Gasteiger partial charge on any atom is -0.506 e. The van der Waals surface area contributed by atoms with Crippen molar-refractivity contribution in [2.45, 2.75) is 26.2 Å². The van der Waals surface area contributed by atoms with Gasteiger partial charge in [0.15, 0.2) is 0 Å². The molecule has 1 aromatic rings. The van der Waals surface area contributed by atoms with E-state index in [9.17, 15) is 14.7 Å². The third kappa shape index (κ3) is 6.01. The average Bonchev–Trinajstić information content (AvgIpc) is 2.37. The number of anilines is 1. The van der Waals surface area contributed by atoms with E-state index in [1.165, 1.54) is 6.07 Å². The van der Waals surface area contributed by atoms with Crippen LogP contribution in [-0.4, -0.2) is 30.0 Å². The Bertz CT molecular complexity index is 513. The number of carbonyl (C=O) groups excluding carboxylic acids is 2. The number of amides is 2. The van der Waals surface area contributed by atoms with Crippen molar-refractivity contribution < 1.29 is 14.7 Å². The second kappa shape index (κ2) is 7.85. The van der Waals surface area contributed by atoms with Crippen molar-refractivity contribution in [1.29, 1.82) is 0 Å². The molecular weight excluding hydrogens is 294 g/mol. The lowest BCUT2D eigenvalue weighted by molar-refractivity contribution is -0.123. The Labute approximate surface area is 130 Å². The molecule has 7 heteroatoms. The number of hydrogen-bond acceptors (Lipinski definition) is 4. The average molecular weight is 316 g/mol. The molecule has 0 atom stereocenters. The molecule has 0 bridgehead atoms. The van der Waals surface area contributed by atoms with Crippen molar-refractivity contribution in [1.82, 2.24) is 5.32 Å². The Kier molecular flexibility index (Phi) is 7.18. The zero-order valence-corrected chi connectivity index (χ0v) is 13.2. The zero-order valence-electron chi connectivity index (χ0n) is 12.4. The minimum atomic E-state index is -0.423. The highest BCUT2D eigenvalue weighted by Crippen LogP contribution is 2.30. The number of carbonyl (C=O) groups is 2. The first-order valence-corrected chi connectivity index (χ1v) is 6.34. The highest BCUT2D eigenvalue weighted by Gasteiger charge is 2.16. The Morgan fingerprint density at radius 1 is 1.24 bits per heavy atom. The van der Waals surface area contributed by atoms with E-state index < -0.39 is 11.8 Å². The molecule has 0 aliphatic heterocycles. The van der Waals surface area contributed by atoms with Gasteiger partial charge in [0.25, 0.3) is 0 Å². The van der Waals surface area contributed by atoms with Crippen molar-refractivity contribution in [3.8, 4) is 5.75 Å². The Morgan fingerprint density at radius 2 is 1.86 bits per heavy atom. The minimum absolute atomic E-state index is 0. The monoisotopic (exact) mass is 315 g/mol. The summed E-state index contributed by atoms with van der Waals surface area (Å²) >= 11 is 0. The second-order valence-electron chi connectivity index (χ2n) is 5.51. The van der Waals surface area contributed by atoms with Crippen LogP contribution in [0.2, 0.25) is 0 Å². The number of rotatable bonds is 4. The fourth-order valence-corrected chi connectivity index (χ4v) is 1.55. The van der Waals surface area contributed by atoms with Crippen LogP contribution in [0.4, 0.5) is 5.69 Å². The predicted molar refractivity (Wildman–Crippen MR) is 84.7 cm³/mol. The zero-order chi connectivity index (χ0) is 15.3. The fraction of sp³-hybridized carbons (Fsp3) is 0.429. The summed E-state index contributed by atoms with van der Waals surface area (Å²) in [6.07, 6.45) is 0. The number of aromatic hydroxyl groups is 1. The molecule has 21 heavy (non-hydrogen) atoms. The maximum atomic E-state index is 11.7. The summed E-state index contributed by atoms with van der Waals surface area (Å²) in [6.45, 7) is 5.75. The van der Waals surface area contributed by atoms with Gasteiger partial charge in [-0.05, 0) is 23.1 Å². The maximum absolute atomic E-state index is 11.7. The van der Waals surface area contributed by atoms with Gasteiger partial charge < -0.3 is 21.5 Å². The van der Waals surface area contributed by atoms with Crippen LogP contribution in [0.15, 0.2) is 18.2 Å². The molecule has 118 valence electrons. The molecule has 0 aliphatic carbocycles. The molecule has 0 aromatic heterocycles. The SMILES string of the molecule is CC(C)(C)c1ccc(O)c(NC(=O)CNC(=O)CN)c1.Cl. The van der Waals surface area contributed by atoms with Crippen LogP contribution in [0.3, 0.4) is 0 Å². The van der Waals surface area contributed by atoms with E-state index >= 15 is 0 Å². The van der Waals surface area contributed by atoms with Crippen molar-refractivity contribution in [3.05, 3.63) is 23.8 Å². The van der Waals surface area contributed by atoms with Crippen LogP contribution >= 0.6 is 12.4 Å². The molecule has 0 saturated carbocycles. The topological polar surface area (TPSA) is 104 Å². The van der Waals surface area contributed by atoms with Gasteiger partial charge >= 0.3 is 0 Å². The number of hydrogen-bond donors (Lipinski definition) is 4. The normalized spacial score (nSPS) is 10.5. The van der Waals surface area contributed by atoms with Crippen LogP contribution in [0, 0.1) is 0 Å². The molecule has 6 nitrogen and oxygen atoms in total. The smallest absolute Gasteiger partial charge is 0.243 e. The van der Waals surface area contributed by atoms with Crippen molar-refractivity contribution in [2.75, 3.05) is 18.4 Å². The number of nitrogens with two attached hydrogens (primary N) is 1. The lowest BCUT2D eigenvalue weighted by atomic mass is 9.87. The van der Waals surface area contributed by atoms with Crippen LogP contribution in [0.25, 0.3) is 0 Å². The van der Waals surface area contributed by atoms with Gasteiger partial charge in [-0.2, -0.15) is 0 Å².